The number of aromatic nitrogens is 9. The minimum atomic E-state index is 0.0996. The standard InChI is InChI=1S/C24H26N4O2.C23H26N4O3.C23H26N4O2/c1-3-17-12-18-4-8-25-14-21(18)20(13-17)24-22-15-27(16(2)29)9-5-23(22)28(26-24)19-6-10-30-11-7-19;1-15(28)26-8-4-22-21(14-26)23(25-27(22)17-5-9-30-10-6-17)19-12-18(29-2)11-16-3-7-24-13-20(16)19;1-15-11-17-3-7-24-13-20(17)19(12-15)23-21-14-26(16(2)28)8-4-22(21)27(25-23)18-5-9-29-10-6-18/h3-4,8,12-14,19H,1,5-7,9-11,15H2,2H3;3,7,11-13,17H,4-6,8-10,14H2,1-2H3;3,7,11-13,18H,4-6,8-10,14H2,1-2H3. The van der Waals surface area contributed by atoms with Crippen LogP contribution in [0.3, 0.4) is 0 Å². The highest BCUT2D eigenvalue weighted by Gasteiger charge is 2.35. The minimum Gasteiger partial charge on any atom is -0.497 e. The third-order valence-corrected chi connectivity index (χ3v) is 18.8. The van der Waals surface area contributed by atoms with Gasteiger partial charge >= 0.3 is 0 Å². The molecule has 0 bridgehead atoms. The summed E-state index contributed by atoms with van der Waals surface area (Å²) in [5.74, 6) is 1.12. The van der Waals surface area contributed by atoms with Crippen LogP contribution in [0.2, 0.25) is 0 Å². The van der Waals surface area contributed by atoms with E-state index in [1.165, 1.54) is 33.6 Å². The summed E-state index contributed by atoms with van der Waals surface area (Å²) >= 11 is 0. The fraction of sp³-hybridized carbons (Fsp3) is 0.414. The summed E-state index contributed by atoms with van der Waals surface area (Å²) in [6.45, 7) is 19.7. The Labute approximate surface area is 518 Å². The molecule has 0 spiro atoms. The van der Waals surface area contributed by atoms with Crippen LogP contribution in [0, 0.1) is 6.92 Å². The molecule has 9 aromatic rings. The molecular formula is C70H78N12O7. The van der Waals surface area contributed by atoms with E-state index in [4.69, 9.17) is 34.2 Å². The van der Waals surface area contributed by atoms with Crippen LogP contribution < -0.4 is 4.74 Å². The van der Waals surface area contributed by atoms with E-state index in [1.807, 2.05) is 76.0 Å². The Morgan fingerprint density at radius 3 is 1.24 bits per heavy atom. The van der Waals surface area contributed by atoms with Gasteiger partial charge in [0, 0.05) is 223 Å². The largest absolute Gasteiger partial charge is 0.497 e. The molecule has 19 nitrogen and oxygen atoms in total. The van der Waals surface area contributed by atoms with Crippen molar-refractivity contribution in [2.24, 2.45) is 0 Å². The summed E-state index contributed by atoms with van der Waals surface area (Å²) in [7, 11) is 1.68. The number of rotatable bonds is 8. The van der Waals surface area contributed by atoms with Crippen molar-refractivity contribution in [3.63, 3.8) is 0 Å². The Morgan fingerprint density at radius 2 is 0.865 bits per heavy atom. The molecule has 3 fully saturated rings. The van der Waals surface area contributed by atoms with Gasteiger partial charge in [0.2, 0.25) is 17.7 Å². The number of carbonyl (C=O) groups is 3. The van der Waals surface area contributed by atoms with Crippen LogP contribution in [-0.4, -0.2) is 143 Å². The van der Waals surface area contributed by atoms with Gasteiger partial charge in [-0.1, -0.05) is 18.7 Å². The lowest BCUT2D eigenvalue weighted by molar-refractivity contribution is -0.130. The zero-order valence-electron chi connectivity index (χ0n) is 51.8. The van der Waals surface area contributed by atoms with Crippen molar-refractivity contribution in [3.8, 4) is 39.5 Å². The smallest absolute Gasteiger partial charge is 0.219 e. The van der Waals surface area contributed by atoms with E-state index in [2.05, 4.69) is 72.8 Å². The van der Waals surface area contributed by atoms with Gasteiger partial charge in [0.05, 0.1) is 42.3 Å². The van der Waals surface area contributed by atoms with Gasteiger partial charge in [-0.15, -0.1) is 0 Å². The van der Waals surface area contributed by atoms with E-state index in [9.17, 15) is 14.4 Å². The Kier molecular flexibility index (Phi) is 17.2. The van der Waals surface area contributed by atoms with E-state index >= 15 is 0 Å². The summed E-state index contributed by atoms with van der Waals surface area (Å²) in [5, 5.41) is 22.0. The third-order valence-electron chi connectivity index (χ3n) is 18.8. The maximum absolute atomic E-state index is 12.1. The molecule has 89 heavy (non-hydrogen) atoms. The van der Waals surface area contributed by atoms with Gasteiger partial charge < -0.3 is 33.6 Å². The molecule has 3 aromatic carbocycles. The van der Waals surface area contributed by atoms with E-state index in [1.54, 1.807) is 34.1 Å². The lowest BCUT2D eigenvalue weighted by atomic mass is 9.95. The molecule has 0 aliphatic carbocycles. The summed E-state index contributed by atoms with van der Waals surface area (Å²) in [4.78, 5) is 55.2. The fourth-order valence-corrected chi connectivity index (χ4v) is 14.1. The zero-order valence-corrected chi connectivity index (χ0v) is 51.8. The molecule has 0 radical (unpaired) electrons. The lowest BCUT2D eigenvalue weighted by Crippen LogP contribution is -2.35. The Bertz CT molecular complexity index is 4150. The maximum atomic E-state index is 12.1. The van der Waals surface area contributed by atoms with Crippen molar-refractivity contribution < 1.29 is 33.3 Å². The molecule has 6 aliphatic heterocycles. The molecule has 6 aliphatic rings. The van der Waals surface area contributed by atoms with E-state index in [0.29, 0.717) is 37.8 Å². The summed E-state index contributed by atoms with van der Waals surface area (Å²) in [6, 6.07) is 19.8. The Morgan fingerprint density at radius 1 is 0.506 bits per heavy atom. The first-order valence-corrected chi connectivity index (χ1v) is 31.5. The average molecular weight is 1200 g/mol. The molecule has 6 aromatic heterocycles. The molecule has 460 valence electrons. The van der Waals surface area contributed by atoms with Gasteiger partial charge in [0.25, 0.3) is 0 Å². The molecule has 0 N–H and O–H groups in total. The number of nitrogens with zero attached hydrogens (tertiary/aromatic N) is 12. The van der Waals surface area contributed by atoms with Gasteiger partial charge in [-0.2, -0.15) is 15.3 Å². The van der Waals surface area contributed by atoms with Crippen LogP contribution in [-0.2, 0) is 67.5 Å². The third kappa shape index (κ3) is 11.9. The molecule has 0 unspecified atom stereocenters. The van der Waals surface area contributed by atoms with E-state index in [0.717, 1.165) is 200 Å². The van der Waals surface area contributed by atoms with Crippen molar-refractivity contribution in [1.29, 1.82) is 0 Å². The highest BCUT2D eigenvalue weighted by Crippen LogP contribution is 2.42. The normalized spacial score (nSPS) is 17.3. The second kappa shape index (κ2) is 25.8. The predicted octanol–water partition coefficient (Wildman–Crippen LogP) is 11.0. The van der Waals surface area contributed by atoms with Gasteiger partial charge in [-0.3, -0.25) is 43.4 Å². The molecule has 0 atom stereocenters. The predicted molar refractivity (Wildman–Crippen MR) is 342 cm³/mol. The van der Waals surface area contributed by atoms with E-state index in [-0.39, 0.29) is 17.7 Å². The molecule has 3 saturated heterocycles. The van der Waals surface area contributed by atoms with Crippen LogP contribution in [0.4, 0.5) is 0 Å². The highest BCUT2D eigenvalue weighted by atomic mass is 16.5. The van der Waals surface area contributed by atoms with Gasteiger partial charge in [-0.25, -0.2) is 0 Å². The fourth-order valence-electron chi connectivity index (χ4n) is 14.1. The van der Waals surface area contributed by atoms with Crippen molar-refractivity contribution in [3.05, 3.63) is 143 Å². The van der Waals surface area contributed by atoms with Crippen LogP contribution in [0.15, 0.2) is 98.4 Å². The average Bonchev–Trinajstić information content (AvgIpc) is 1.77. The van der Waals surface area contributed by atoms with Crippen molar-refractivity contribution in [1.82, 2.24) is 59.0 Å². The molecule has 3 amide bonds. The van der Waals surface area contributed by atoms with Gasteiger partial charge in [-0.05, 0) is 121 Å². The number of benzene rings is 3. The Balaban J connectivity index is 0.000000123. The number of amides is 3. The van der Waals surface area contributed by atoms with Crippen LogP contribution in [0.5, 0.6) is 5.75 Å². The molecular weight excluding hydrogens is 1120 g/mol. The van der Waals surface area contributed by atoms with E-state index < -0.39 is 0 Å². The number of aryl methyl sites for hydroxylation is 1. The van der Waals surface area contributed by atoms with Crippen LogP contribution in [0.1, 0.15) is 122 Å². The monoisotopic (exact) mass is 1200 g/mol. The SMILES string of the molecule is C=Cc1cc(-c2nn(C3CCOCC3)c3c2CN(C(C)=O)CC3)c2cnccc2c1.CC(=O)N1CCc2c(c(-c3cc(C)cc4ccncc34)nn2C2CCOCC2)C1.COc1cc(-c2nn(C3CCOCC3)c3c2CN(C(C)=O)CC3)c2cnccc2c1. The quantitative estimate of drug-likeness (QED) is 0.140. The van der Waals surface area contributed by atoms with Gasteiger partial charge in [0.15, 0.2) is 0 Å². The first-order chi connectivity index (χ1) is 43.4. The highest BCUT2D eigenvalue weighted by molar-refractivity contribution is 5.99. The molecule has 19 heteroatoms. The molecule has 15 rings (SSSR count). The van der Waals surface area contributed by atoms with Crippen LogP contribution >= 0.6 is 0 Å². The van der Waals surface area contributed by atoms with Gasteiger partial charge in [0.1, 0.15) is 5.75 Å². The number of pyridine rings is 3. The summed E-state index contributed by atoms with van der Waals surface area (Å²) < 4.78 is 29.0. The first-order valence-electron chi connectivity index (χ1n) is 31.5. The molecule has 12 heterocycles. The first kappa shape index (κ1) is 59.3. The number of methoxy groups -OCH3 is 1. The number of ether oxygens (including phenoxy) is 4. The number of hydrogen-bond donors (Lipinski definition) is 0. The van der Waals surface area contributed by atoms with Crippen molar-refractivity contribution >= 4 is 56.1 Å². The second-order valence-electron chi connectivity index (χ2n) is 24.3. The number of fused-ring (bicyclic) bond motifs is 6. The second-order valence-corrected chi connectivity index (χ2v) is 24.3. The lowest BCUT2D eigenvalue weighted by Gasteiger charge is -2.29. The molecule has 0 saturated carbocycles. The topological polar surface area (TPSA) is 190 Å². The number of carbonyl (C=O) groups excluding carboxylic acids is 3. The minimum absolute atomic E-state index is 0.0996. The van der Waals surface area contributed by atoms with Crippen LogP contribution in [0.25, 0.3) is 72.2 Å². The summed E-state index contributed by atoms with van der Waals surface area (Å²) in [6.07, 6.45) is 21.4. The van der Waals surface area contributed by atoms with Crippen molar-refractivity contribution in [2.75, 3.05) is 66.4 Å². The number of hydrogen-bond acceptors (Lipinski definition) is 13. The maximum Gasteiger partial charge on any atom is 0.219 e. The zero-order chi connectivity index (χ0) is 61.3. The summed E-state index contributed by atoms with van der Waals surface area (Å²) in [5.41, 5.74) is 15.6. The van der Waals surface area contributed by atoms with Crippen molar-refractivity contribution in [2.45, 2.75) is 123 Å². The Hall–Kier alpha value is -8.65.